The van der Waals surface area contributed by atoms with Gasteiger partial charge in [-0.2, -0.15) is 0 Å². The Labute approximate surface area is 210 Å². The van der Waals surface area contributed by atoms with Crippen LogP contribution in [0, 0.1) is 0 Å². The molecule has 3 aromatic rings. The zero-order chi connectivity index (χ0) is 25.5. The highest BCUT2D eigenvalue weighted by molar-refractivity contribution is 5.89. The summed E-state index contributed by atoms with van der Waals surface area (Å²) in [6.45, 7) is 2.02. The summed E-state index contributed by atoms with van der Waals surface area (Å²) in [5.41, 5.74) is 5.24. The second kappa shape index (κ2) is 11.5. The lowest BCUT2D eigenvalue weighted by atomic mass is 9.98. The number of nitrogens with one attached hydrogen (secondary N) is 2. The average Bonchev–Trinajstić information content (AvgIpc) is 3.21. The van der Waals surface area contributed by atoms with Gasteiger partial charge in [0.1, 0.15) is 18.7 Å². The largest absolute Gasteiger partial charge is 0.480 e. The van der Waals surface area contributed by atoms with Crippen LogP contribution >= 0.6 is 0 Å². The monoisotopic (exact) mass is 486 g/mol. The van der Waals surface area contributed by atoms with Gasteiger partial charge in [-0.1, -0.05) is 92.2 Å². The zero-order valence-corrected chi connectivity index (χ0v) is 20.1. The van der Waals surface area contributed by atoms with Crippen molar-refractivity contribution < 1.29 is 24.2 Å². The molecule has 1 aliphatic rings. The first-order valence-electron chi connectivity index (χ1n) is 12.2. The predicted octanol–water partition coefficient (Wildman–Crippen LogP) is 4.51. The minimum absolute atomic E-state index is 0.0936. The van der Waals surface area contributed by atoms with Gasteiger partial charge in [-0.15, -0.1) is 0 Å². The second-order valence-electron chi connectivity index (χ2n) is 8.90. The van der Waals surface area contributed by atoms with Gasteiger partial charge in [0, 0.05) is 12.3 Å². The van der Waals surface area contributed by atoms with Crippen molar-refractivity contribution in [3.63, 3.8) is 0 Å². The van der Waals surface area contributed by atoms with Crippen molar-refractivity contribution in [3.05, 3.63) is 95.6 Å². The van der Waals surface area contributed by atoms with Crippen molar-refractivity contribution >= 4 is 18.0 Å². The lowest BCUT2D eigenvalue weighted by molar-refractivity contribution is -0.142. The average molecular weight is 487 g/mol. The maximum atomic E-state index is 12.9. The van der Waals surface area contributed by atoms with Crippen LogP contribution in [0.1, 0.15) is 42.4 Å². The van der Waals surface area contributed by atoms with Crippen LogP contribution in [0.25, 0.3) is 11.1 Å². The SMILES string of the molecule is CCC[C@H](NC(=O)OCC1c2ccccc2-c2ccccc21)C(=O)N[C@@H](Cc1ccccc1)C(=O)O. The van der Waals surface area contributed by atoms with Crippen LogP contribution in [0.5, 0.6) is 0 Å². The number of amides is 2. The van der Waals surface area contributed by atoms with Crippen LogP contribution in [0.3, 0.4) is 0 Å². The van der Waals surface area contributed by atoms with Crippen molar-refractivity contribution in [2.45, 2.75) is 44.2 Å². The van der Waals surface area contributed by atoms with E-state index in [0.717, 1.165) is 27.8 Å². The molecule has 36 heavy (non-hydrogen) atoms. The van der Waals surface area contributed by atoms with Gasteiger partial charge in [0.15, 0.2) is 0 Å². The summed E-state index contributed by atoms with van der Waals surface area (Å²) in [5.74, 6) is -1.78. The highest BCUT2D eigenvalue weighted by Gasteiger charge is 2.30. The van der Waals surface area contributed by atoms with E-state index in [9.17, 15) is 19.5 Å². The molecule has 0 bridgehead atoms. The number of aliphatic carboxylic acids is 1. The lowest BCUT2D eigenvalue weighted by Crippen LogP contribution is -2.52. The molecule has 0 aromatic heterocycles. The molecule has 0 aliphatic heterocycles. The number of carbonyl (C=O) groups is 3. The van der Waals surface area contributed by atoms with Crippen molar-refractivity contribution in [2.24, 2.45) is 0 Å². The third kappa shape index (κ3) is 5.74. The molecule has 186 valence electrons. The maximum Gasteiger partial charge on any atom is 0.407 e. The Balaban J connectivity index is 1.38. The molecular weight excluding hydrogens is 456 g/mol. The Morgan fingerprint density at radius 3 is 2.00 bits per heavy atom. The number of carboxylic acids is 1. The number of rotatable bonds is 10. The fraction of sp³-hybridized carbons (Fsp3) is 0.276. The van der Waals surface area contributed by atoms with E-state index in [1.165, 1.54) is 0 Å². The van der Waals surface area contributed by atoms with Crippen LogP contribution in [-0.2, 0) is 20.7 Å². The molecule has 0 radical (unpaired) electrons. The van der Waals surface area contributed by atoms with Gasteiger partial charge >= 0.3 is 12.1 Å². The molecule has 2 amide bonds. The van der Waals surface area contributed by atoms with Crippen LogP contribution < -0.4 is 10.6 Å². The van der Waals surface area contributed by atoms with E-state index in [4.69, 9.17) is 4.74 Å². The smallest absolute Gasteiger partial charge is 0.407 e. The van der Waals surface area contributed by atoms with Gasteiger partial charge in [-0.3, -0.25) is 4.79 Å². The Hall–Kier alpha value is -4.13. The molecule has 3 N–H and O–H groups in total. The number of hydrogen-bond acceptors (Lipinski definition) is 4. The van der Waals surface area contributed by atoms with Crippen molar-refractivity contribution in [2.75, 3.05) is 6.61 Å². The normalized spacial score (nSPS) is 13.7. The molecule has 0 spiro atoms. The summed E-state index contributed by atoms with van der Waals surface area (Å²) in [5, 5.41) is 14.8. The van der Waals surface area contributed by atoms with Gasteiger partial charge in [0.2, 0.25) is 5.91 Å². The summed E-state index contributed by atoms with van der Waals surface area (Å²) in [6, 6.07) is 23.2. The third-order valence-corrected chi connectivity index (χ3v) is 6.43. The Morgan fingerprint density at radius 1 is 0.833 bits per heavy atom. The molecule has 4 rings (SSSR count). The summed E-state index contributed by atoms with van der Waals surface area (Å²) in [4.78, 5) is 37.4. The minimum atomic E-state index is -1.14. The fourth-order valence-corrected chi connectivity index (χ4v) is 4.66. The number of benzene rings is 3. The molecule has 2 atom stereocenters. The van der Waals surface area contributed by atoms with Gasteiger partial charge < -0.3 is 20.5 Å². The van der Waals surface area contributed by atoms with Gasteiger partial charge in [-0.05, 0) is 34.2 Å². The van der Waals surface area contributed by atoms with Gasteiger partial charge in [-0.25, -0.2) is 9.59 Å². The first kappa shape index (κ1) is 25.0. The number of hydrogen-bond donors (Lipinski definition) is 3. The summed E-state index contributed by atoms with van der Waals surface area (Å²) >= 11 is 0. The molecule has 0 saturated carbocycles. The number of ether oxygens (including phenoxy) is 1. The number of carboxylic acid groups (broad SMARTS) is 1. The Morgan fingerprint density at radius 2 is 1.42 bits per heavy atom. The minimum Gasteiger partial charge on any atom is -0.480 e. The highest BCUT2D eigenvalue weighted by Crippen LogP contribution is 2.44. The van der Waals surface area contributed by atoms with E-state index in [1.54, 1.807) is 12.1 Å². The number of alkyl carbamates (subject to hydrolysis) is 1. The standard InChI is InChI=1S/C29H30N2O5/c1-2-10-25(27(32)30-26(28(33)34)17-19-11-4-3-5-12-19)31-29(35)36-18-24-22-15-8-6-13-20(22)21-14-7-9-16-23(21)24/h3-9,11-16,24-26H,2,10,17-18H2,1H3,(H,30,32)(H,31,35)(H,33,34)/t25-,26-/m0/s1. The van der Waals surface area contributed by atoms with Crippen LogP contribution in [0.15, 0.2) is 78.9 Å². The van der Waals surface area contributed by atoms with E-state index in [-0.39, 0.29) is 18.9 Å². The van der Waals surface area contributed by atoms with E-state index in [1.807, 2.05) is 61.5 Å². The molecular formula is C29H30N2O5. The molecule has 0 unspecified atom stereocenters. The molecule has 0 saturated heterocycles. The molecule has 0 fully saturated rings. The topological polar surface area (TPSA) is 105 Å². The van der Waals surface area contributed by atoms with Gasteiger partial charge in [0.25, 0.3) is 0 Å². The maximum absolute atomic E-state index is 12.9. The molecule has 3 aromatic carbocycles. The van der Waals surface area contributed by atoms with Crippen molar-refractivity contribution in [1.82, 2.24) is 10.6 Å². The summed E-state index contributed by atoms with van der Waals surface area (Å²) < 4.78 is 5.57. The van der Waals surface area contributed by atoms with Crippen LogP contribution in [0.2, 0.25) is 0 Å². The predicted molar refractivity (Wildman–Crippen MR) is 137 cm³/mol. The van der Waals surface area contributed by atoms with E-state index < -0.39 is 30.1 Å². The van der Waals surface area contributed by atoms with Crippen molar-refractivity contribution in [3.8, 4) is 11.1 Å². The van der Waals surface area contributed by atoms with Crippen LogP contribution in [-0.4, -0.2) is 41.8 Å². The molecule has 1 aliphatic carbocycles. The zero-order valence-electron chi connectivity index (χ0n) is 20.1. The first-order valence-corrected chi connectivity index (χ1v) is 12.2. The highest BCUT2D eigenvalue weighted by atomic mass is 16.5. The van der Waals surface area contributed by atoms with E-state index in [0.29, 0.717) is 12.8 Å². The van der Waals surface area contributed by atoms with E-state index >= 15 is 0 Å². The lowest BCUT2D eigenvalue weighted by Gasteiger charge is -2.22. The first-order chi connectivity index (χ1) is 17.5. The third-order valence-electron chi connectivity index (χ3n) is 6.43. The number of carbonyl (C=O) groups excluding carboxylic acids is 2. The second-order valence-corrected chi connectivity index (χ2v) is 8.90. The Kier molecular flexibility index (Phi) is 8.00. The van der Waals surface area contributed by atoms with Crippen LogP contribution in [0.4, 0.5) is 4.79 Å². The van der Waals surface area contributed by atoms with Gasteiger partial charge in [0.05, 0.1) is 0 Å². The van der Waals surface area contributed by atoms with Crippen molar-refractivity contribution in [1.29, 1.82) is 0 Å². The summed E-state index contributed by atoms with van der Waals surface area (Å²) in [7, 11) is 0. The molecule has 7 heteroatoms. The number of fused-ring (bicyclic) bond motifs is 3. The molecule has 7 nitrogen and oxygen atoms in total. The quantitative estimate of drug-likeness (QED) is 0.391. The fourth-order valence-electron chi connectivity index (χ4n) is 4.66. The Bertz CT molecular complexity index is 1180. The van der Waals surface area contributed by atoms with E-state index in [2.05, 4.69) is 22.8 Å². The summed E-state index contributed by atoms with van der Waals surface area (Å²) in [6.07, 6.45) is 0.415. The molecule has 0 heterocycles.